The summed E-state index contributed by atoms with van der Waals surface area (Å²) in [6.45, 7) is 7.28. The highest BCUT2D eigenvalue weighted by atomic mass is 16.5. The fraction of sp³-hybridized carbons (Fsp3) is 0.500. The first kappa shape index (κ1) is 10.8. The normalized spacial score (nSPS) is 19.4. The van der Waals surface area contributed by atoms with E-state index in [1.165, 1.54) is 0 Å². The van der Waals surface area contributed by atoms with E-state index in [9.17, 15) is 0 Å². The lowest BCUT2D eigenvalue weighted by atomic mass is 10.1. The van der Waals surface area contributed by atoms with Crippen LogP contribution in [0, 0.1) is 0 Å². The Morgan fingerprint density at radius 3 is 2.71 bits per heavy atom. The Hall–Kier alpha value is -1.29. The molecule has 0 amide bonds. The zero-order valence-corrected chi connectivity index (χ0v) is 8.73. The molecule has 0 radical (unpaired) electrons. The number of nitrogens with zero attached hydrogens (tertiary/aromatic N) is 2. The molecule has 0 bridgehead atoms. The Labute approximate surface area is 84.7 Å². The summed E-state index contributed by atoms with van der Waals surface area (Å²) in [5.74, 6) is 1.33. The number of hydrogen-bond donors (Lipinski definition) is 1. The SMILES string of the molecule is C=CC(=N/C(N)=C\C)N1CC(OC)C1. The van der Waals surface area contributed by atoms with Crippen molar-refractivity contribution < 1.29 is 4.74 Å². The quantitative estimate of drug-likeness (QED) is 0.533. The molecule has 0 aromatic heterocycles. The molecule has 0 aromatic carbocycles. The number of allylic oxidation sites excluding steroid dienone is 1. The molecule has 1 aliphatic heterocycles. The second-order valence-electron chi connectivity index (χ2n) is 3.15. The summed E-state index contributed by atoms with van der Waals surface area (Å²) in [4.78, 5) is 6.29. The minimum atomic E-state index is 0.312. The van der Waals surface area contributed by atoms with E-state index in [2.05, 4.69) is 16.5 Å². The van der Waals surface area contributed by atoms with E-state index in [4.69, 9.17) is 10.5 Å². The van der Waals surface area contributed by atoms with Gasteiger partial charge in [0.2, 0.25) is 0 Å². The van der Waals surface area contributed by atoms with Gasteiger partial charge in [-0.25, -0.2) is 4.99 Å². The third-order valence-corrected chi connectivity index (χ3v) is 2.23. The molecule has 1 fully saturated rings. The van der Waals surface area contributed by atoms with E-state index >= 15 is 0 Å². The lowest BCUT2D eigenvalue weighted by Gasteiger charge is -2.39. The average Bonchev–Trinajstić information content (AvgIpc) is 2.14. The number of aliphatic imine (C=N–C) groups is 1. The predicted molar refractivity (Wildman–Crippen MR) is 57.9 cm³/mol. The van der Waals surface area contributed by atoms with Crippen LogP contribution in [0.1, 0.15) is 6.92 Å². The van der Waals surface area contributed by atoms with Crippen molar-refractivity contribution in [2.24, 2.45) is 10.7 Å². The molecule has 4 heteroatoms. The summed E-state index contributed by atoms with van der Waals surface area (Å²) < 4.78 is 5.17. The molecular weight excluding hydrogens is 178 g/mol. The van der Waals surface area contributed by atoms with Gasteiger partial charge in [0.1, 0.15) is 11.7 Å². The first-order chi connectivity index (χ1) is 6.71. The maximum Gasteiger partial charge on any atom is 0.130 e. The van der Waals surface area contributed by atoms with Crippen LogP contribution in [0.3, 0.4) is 0 Å². The monoisotopic (exact) mass is 195 g/mol. The van der Waals surface area contributed by atoms with Crippen molar-refractivity contribution in [1.29, 1.82) is 0 Å². The summed E-state index contributed by atoms with van der Waals surface area (Å²) in [5, 5.41) is 0. The molecule has 1 rings (SSSR count). The molecular formula is C10H17N3O. The van der Waals surface area contributed by atoms with E-state index in [0.717, 1.165) is 18.9 Å². The molecule has 1 aliphatic rings. The van der Waals surface area contributed by atoms with Crippen LogP contribution in [0.4, 0.5) is 0 Å². The first-order valence-corrected chi connectivity index (χ1v) is 4.62. The lowest BCUT2D eigenvalue weighted by Crippen LogP contribution is -2.54. The highest BCUT2D eigenvalue weighted by Crippen LogP contribution is 2.12. The van der Waals surface area contributed by atoms with Crippen LogP contribution in [-0.4, -0.2) is 37.0 Å². The zero-order valence-electron chi connectivity index (χ0n) is 8.73. The Morgan fingerprint density at radius 1 is 1.64 bits per heavy atom. The van der Waals surface area contributed by atoms with Gasteiger partial charge in [0.25, 0.3) is 0 Å². The maximum absolute atomic E-state index is 5.60. The molecule has 0 aliphatic carbocycles. The van der Waals surface area contributed by atoms with Gasteiger partial charge in [-0.3, -0.25) is 0 Å². The van der Waals surface area contributed by atoms with Crippen molar-refractivity contribution in [2.75, 3.05) is 20.2 Å². The van der Waals surface area contributed by atoms with Crippen molar-refractivity contribution in [3.63, 3.8) is 0 Å². The third kappa shape index (κ3) is 2.35. The van der Waals surface area contributed by atoms with Crippen molar-refractivity contribution in [2.45, 2.75) is 13.0 Å². The third-order valence-electron chi connectivity index (χ3n) is 2.23. The van der Waals surface area contributed by atoms with E-state index < -0.39 is 0 Å². The summed E-state index contributed by atoms with van der Waals surface area (Å²) in [5.41, 5.74) is 5.60. The largest absolute Gasteiger partial charge is 0.384 e. The van der Waals surface area contributed by atoms with Gasteiger partial charge >= 0.3 is 0 Å². The predicted octanol–water partition coefficient (Wildman–Crippen LogP) is 0.722. The Morgan fingerprint density at radius 2 is 2.29 bits per heavy atom. The van der Waals surface area contributed by atoms with E-state index in [-0.39, 0.29) is 0 Å². The number of nitrogens with two attached hydrogens (primary N) is 1. The standard InChI is InChI=1S/C10H17N3O/c1-4-9(11)12-10(5-2)13-6-8(7-13)14-3/h4-5,8H,2,6-7,11H2,1,3H3/b9-4-,12-10?. The highest BCUT2D eigenvalue weighted by molar-refractivity contribution is 5.93. The number of likely N-dealkylation sites (tertiary alicyclic amines) is 1. The molecule has 4 nitrogen and oxygen atoms in total. The second kappa shape index (κ2) is 4.81. The molecule has 0 spiro atoms. The Bertz CT molecular complexity index is 265. The number of hydrogen-bond acceptors (Lipinski definition) is 3. The molecule has 1 saturated heterocycles. The molecule has 0 saturated carbocycles. The number of rotatable bonds is 3. The highest BCUT2D eigenvalue weighted by Gasteiger charge is 2.27. The molecule has 78 valence electrons. The van der Waals surface area contributed by atoms with Crippen molar-refractivity contribution in [3.8, 4) is 0 Å². The van der Waals surface area contributed by atoms with E-state index in [1.54, 1.807) is 19.3 Å². The van der Waals surface area contributed by atoms with Crippen LogP contribution in [0.5, 0.6) is 0 Å². The van der Waals surface area contributed by atoms with Gasteiger partial charge in [-0.15, -0.1) is 0 Å². The van der Waals surface area contributed by atoms with Gasteiger partial charge in [-0.2, -0.15) is 0 Å². The van der Waals surface area contributed by atoms with Gasteiger partial charge in [-0.1, -0.05) is 6.58 Å². The summed E-state index contributed by atoms with van der Waals surface area (Å²) in [6, 6.07) is 0. The van der Waals surface area contributed by atoms with Crippen molar-refractivity contribution >= 4 is 5.84 Å². The van der Waals surface area contributed by atoms with Crippen molar-refractivity contribution in [3.05, 3.63) is 24.6 Å². The minimum absolute atomic E-state index is 0.312. The summed E-state index contributed by atoms with van der Waals surface area (Å²) in [6.07, 6.45) is 3.78. The minimum Gasteiger partial charge on any atom is -0.384 e. The average molecular weight is 195 g/mol. The number of methoxy groups -OCH3 is 1. The Kier molecular flexibility index (Phi) is 3.71. The molecule has 0 unspecified atom stereocenters. The second-order valence-corrected chi connectivity index (χ2v) is 3.15. The fourth-order valence-corrected chi connectivity index (χ4v) is 1.22. The van der Waals surface area contributed by atoms with Gasteiger partial charge in [0.15, 0.2) is 0 Å². The van der Waals surface area contributed by atoms with Gasteiger partial charge in [0, 0.05) is 20.2 Å². The first-order valence-electron chi connectivity index (χ1n) is 4.62. The van der Waals surface area contributed by atoms with Crippen molar-refractivity contribution in [1.82, 2.24) is 4.90 Å². The van der Waals surface area contributed by atoms with Crippen LogP contribution < -0.4 is 5.73 Å². The number of ether oxygens (including phenoxy) is 1. The van der Waals surface area contributed by atoms with Crippen LogP contribution in [0.15, 0.2) is 29.5 Å². The van der Waals surface area contributed by atoms with E-state index in [0.29, 0.717) is 11.9 Å². The van der Waals surface area contributed by atoms with Gasteiger partial charge in [-0.05, 0) is 19.1 Å². The summed E-state index contributed by atoms with van der Waals surface area (Å²) >= 11 is 0. The summed E-state index contributed by atoms with van der Waals surface area (Å²) in [7, 11) is 1.72. The van der Waals surface area contributed by atoms with Crippen LogP contribution in [0.2, 0.25) is 0 Å². The van der Waals surface area contributed by atoms with E-state index in [1.807, 2.05) is 6.92 Å². The zero-order chi connectivity index (χ0) is 10.6. The van der Waals surface area contributed by atoms with Gasteiger partial charge < -0.3 is 15.4 Å². The van der Waals surface area contributed by atoms with Crippen LogP contribution in [0.25, 0.3) is 0 Å². The topological polar surface area (TPSA) is 50.8 Å². The molecule has 1 heterocycles. The van der Waals surface area contributed by atoms with Gasteiger partial charge in [0.05, 0.1) is 6.10 Å². The lowest BCUT2D eigenvalue weighted by molar-refractivity contribution is 0.00628. The molecule has 14 heavy (non-hydrogen) atoms. The smallest absolute Gasteiger partial charge is 0.130 e. The Balaban J connectivity index is 2.57. The van der Waals surface area contributed by atoms with Crippen LogP contribution in [-0.2, 0) is 4.74 Å². The molecule has 0 atom stereocenters. The maximum atomic E-state index is 5.60. The molecule has 2 N–H and O–H groups in total. The molecule has 0 aromatic rings. The number of amidine groups is 1. The van der Waals surface area contributed by atoms with Crippen LogP contribution >= 0.6 is 0 Å². The fourth-order valence-electron chi connectivity index (χ4n) is 1.22.